The lowest BCUT2D eigenvalue weighted by molar-refractivity contribution is 0.770. The van der Waals surface area contributed by atoms with Crippen LogP contribution in [-0.2, 0) is 7.05 Å². The lowest BCUT2D eigenvalue weighted by Crippen LogP contribution is -1.89. The minimum absolute atomic E-state index is 0.919. The first-order chi connectivity index (χ1) is 6.25. The van der Waals surface area contributed by atoms with Gasteiger partial charge in [0.15, 0.2) is 0 Å². The van der Waals surface area contributed by atoms with E-state index in [2.05, 4.69) is 10.1 Å². The van der Waals surface area contributed by atoms with Gasteiger partial charge >= 0.3 is 0 Å². The minimum atomic E-state index is 0.919. The predicted molar refractivity (Wildman–Crippen MR) is 51.2 cm³/mol. The fraction of sp³-hybridized carbons (Fsp3) is 0.200. The van der Waals surface area contributed by atoms with E-state index in [9.17, 15) is 0 Å². The number of hydrogen-bond acceptors (Lipinski definition) is 2. The highest BCUT2D eigenvalue weighted by atomic mass is 15.2. The summed E-state index contributed by atoms with van der Waals surface area (Å²) in [5, 5.41) is 4.26. The summed E-state index contributed by atoms with van der Waals surface area (Å²) in [7, 11) is 1.90. The fourth-order valence-electron chi connectivity index (χ4n) is 1.17. The summed E-state index contributed by atoms with van der Waals surface area (Å²) in [5.74, 6) is 0. The van der Waals surface area contributed by atoms with E-state index in [4.69, 9.17) is 0 Å². The third-order valence-corrected chi connectivity index (χ3v) is 1.89. The van der Waals surface area contributed by atoms with Crippen molar-refractivity contribution < 1.29 is 0 Å². The van der Waals surface area contributed by atoms with Crippen molar-refractivity contribution in [2.75, 3.05) is 0 Å². The van der Waals surface area contributed by atoms with Crippen LogP contribution >= 0.6 is 0 Å². The van der Waals surface area contributed by atoms with Crippen LogP contribution in [0.25, 0.3) is 11.4 Å². The van der Waals surface area contributed by atoms with Gasteiger partial charge in [-0.15, -0.1) is 0 Å². The first-order valence-electron chi connectivity index (χ1n) is 4.18. The Morgan fingerprint density at radius 3 is 2.54 bits per heavy atom. The molecule has 0 aliphatic rings. The van der Waals surface area contributed by atoms with Crippen molar-refractivity contribution in [3.8, 4) is 11.4 Å². The molecule has 13 heavy (non-hydrogen) atoms. The van der Waals surface area contributed by atoms with Crippen LogP contribution in [0.2, 0.25) is 0 Å². The largest absolute Gasteiger partial charge is 0.275 e. The van der Waals surface area contributed by atoms with Gasteiger partial charge in [-0.3, -0.25) is 9.67 Å². The molecular formula is C10H11N3. The Balaban J connectivity index is 2.41. The molecular weight excluding hydrogens is 162 g/mol. The number of pyridine rings is 1. The van der Waals surface area contributed by atoms with Crippen molar-refractivity contribution >= 4 is 0 Å². The maximum Gasteiger partial charge on any atom is 0.111 e. The van der Waals surface area contributed by atoms with E-state index >= 15 is 0 Å². The Morgan fingerprint density at radius 1 is 1.15 bits per heavy atom. The van der Waals surface area contributed by atoms with Crippen molar-refractivity contribution in [1.82, 2.24) is 14.8 Å². The number of aryl methyl sites for hydroxylation is 2. The molecule has 0 aliphatic carbocycles. The quantitative estimate of drug-likeness (QED) is 0.658. The smallest absolute Gasteiger partial charge is 0.111 e. The molecule has 0 radical (unpaired) electrons. The van der Waals surface area contributed by atoms with Gasteiger partial charge in [0.25, 0.3) is 0 Å². The van der Waals surface area contributed by atoms with Crippen LogP contribution in [0, 0.1) is 6.92 Å². The van der Waals surface area contributed by atoms with E-state index in [0.29, 0.717) is 0 Å². The van der Waals surface area contributed by atoms with E-state index in [1.807, 2.05) is 44.6 Å². The molecule has 0 bridgehead atoms. The van der Waals surface area contributed by atoms with Crippen molar-refractivity contribution in [2.45, 2.75) is 6.92 Å². The highest BCUT2D eigenvalue weighted by Gasteiger charge is 2.00. The molecule has 3 nitrogen and oxygen atoms in total. The van der Waals surface area contributed by atoms with E-state index in [0.717, 1.165) is 11.4 Å². The first-order valence-corrected chi connectivity index (χ1v) is 4.18. The van der Waals surface area contributed by atoms with Gasteiger partial charge in [-0.05, 0) is 24.6 Å². The molecule has 2 heterocycles. The van der Waals surface area contributed by atoms with Crippen LogP contribution in [0.15, 0.2) is 30.6 Å². The molecule has 2 rings (SSSR count). The third-order valence-electron chi connectivity index (χ3n) is 1.89. The number of hydrogen-bond donors (Lipinski definition) is 0. The maximum atomic E-state index is 4.29. The maximum absolute atomic E-state index is 4.29. The van der Waals surface area contributed by atoms with E-state index in [1.54, 1.807) is 4.68 Å². The highest BCUT2D eigenvalue weighted by Crippen LogP contribution is 2.13. The molecule has 0 saturated heterocycles. The summed E-state index contributed by atoms with van der Waals surface area (Å²) in [6.45, 7) is 2.02. The molecule has 0 aliphatic heterocycles. The Hall–Kier alpha value is -1.64. The minimum Gasteiger partial charge on any atom is -0.275 e. The predicted octanol–water partition coefficient (Wildman–Crippen LogP) is 1.79. The molecule has 0 N–H and O–H groups in total. The molecule has 0 aromatic carbocycles. The summed E-state index contributed by atoms with van der Waals surface area (Å²) >= 11 is 0. The molecule has 2 aromatic heterocycles. The Morgan fingerprint density at radius 2 is 2.00 bits per heavy atom. The number of nitrogens with zero attached hydrogens (tertiary/aromatic N) is 3. The Bertz CT molecular complexity index is 400. The summed E-state index contributed by atoms with van der Waals surface area (Å²) < 4.78 is 1.77. The number of aromatic nitrogens is 3. The lowest BCUT2D eigenvalue weighted by atomic mass is 10.2. The SMILES string of the molecule is Cc1ccc(-c2ccn(C)n2)nc1. The van der Waals surface area contributed by atoms with Crippen molar-refractivity contribution in [3.63, 3.8) is 0 Å². The second-order valence-electron chi connectivity index (χ2n) is 3.10. The van der Waals surface area contributed by atoms with Gasteiger partial charge < -0.3 is 0 Å². The van der Waals surface area contributed by atoms with Crippen LogP contribution < -0.4 is 0 Å². The molecule has 3 heteroatoms. The molecule has 0 unspecified atom stereocenters. The monoisotopic (exact) mass is 173 g/mol. The fourth-order valence-corrected chi connectivity index (χ4v) is 1.17. The molecule has 2 aromatic rings. The van der Waals surface area contributed by atoms with Gasteiger partial charge in [0.1, 0.15) is 5.69 Å². The molecule has 0 saturated carbocycles. The topological polar surface area (TPSA) is 30.7 Å². The highest BCUT2D eigenvalue weighted by molar-refractivity contribution is 5.52. The molecule has 0 spiro atoms. The second-order valence-corrected chi connectivity index (χ2v) is 3.10. The summed E-state index contributed by atoms with van der Waals surface area (Å²) in [4.78, 5) is 4.29. The van der Waals surface area contributed by atoms with Crippen LogP contribution in [0.5, 0.6) is 0 Å². The lowest BCUT2D eigenvalue weighted by Gasteiger charge is -1.95. The van der Waals surface area contributed by atoms with E-state index in [-0.39, 0.29) is 0 Å². The van der Waals surface area contributed by atoms with E-state index < -0.39 is 0 Å². The zero-order chi connectivity index (χ0) is 9.26. The van der Waals surface area contributed by atoms with Gasteiger partial charge in [0.05, 0.1) is 5.69 Å². The van der Waals surface area contributed by atoms with Crippen molar-refractivity contribution in [2.24, 2.45) is 7.05 Å². The first kappa shape index (κ1) is 7.98. The third kappa shape index (κ3) is 1.59. The van der Waals surface area contributed by atoms with Crippen LogP contribution in [-0.4, -0.2) is 14.8 Å². The van der Waals surface area contributed by atoms with Gasteiger partial charge in [-0.25, -0.2) is 0 Å². The van der Waals surface area contributed by atoms with Crippen LogP contribution in [0.4, 0.5) is 0 Å². The summed E-state index contributed by atoms with van der Waals surface area (Å²) in [6, 6.07) is 5.98. The van der Waals surface area contributed by atoms with Crippen molar-refractivity contribution in [1.29, 1.82) is 0 Å². The summed E-state index contributed by atoms with van der Waals surface area (Å²) in [5.41, 5.74) is 3.01. The Labute approximate surface area is 77.0 Å². The Kier molecular flexibility index (Phi) is 1.85. The van der Waals surface area contributed by atoms with Gasteiger partial charge in [-0.1, -0.05) is 6.07 Å². The molecule has 0 atom stereocenters. The van der Waals surface area contributed by atoms with Crippen LogP contribution in [0.1, 0.15) is 5.56 Å². The second kappa shape index (κ2) is 3.01. The normalized spacial score (nSPS) is 10.3. The summed E-state index contributed by atoms with van der Waals surface area (Å²) in [6.07, 6.45) is 3.76. The average molecular weight is 173 g/mol. The number of rotatable bonds is 1. The average Bonchev–Trinajstić information content (AvgIpc) is 2.53. The van der Waals surface area contributed by atoms with Gasteiger partial charge in [-0.2, -0.15) is 5.10 Å². The molecule has 0 fully saturated rings. The zero-order valence-electron chi connectivity index (χ0n) is 7.73. The van der Waals surface area contributed by atoms with Crippen LogP contribution in [0.3, 0.4) is 0 Å². The standard InChI is InChI=1S/C10H11N3/c1-8-3-4-9(11-7-8)10-5-6-13(2)12-10/h3-7H,1-2H3. The van der Waals surface area contributed by atoms with Crippen molar-refractivity contribution in [3.05, 3.63) is 36.2 Å². The molecule has 66 valence electrons. The molecule has 0 amide bonds. The van der Waals surface area contributed by atoms with Gasteiger partial charge in [0.2, 0.25) is 0 Å². The van der Waals surface area contributed by atoms with Gasteiger partial charge in [0, 0.05) is 19.4 Å². The van der Waals surface area contributed by atoms with E-state index in [1.165, 1.54) is 5.56 Å². The zero-order valence-corrected chi connectivity index (χ0v) is 7.73.